The number of rotatable bonds is 6. The standard InChI is InChI=1S/C18H24N4O3S2/c1-4-13(5-2)17(23)22-9-8-14-6-7-16(10-15(14)11-22)27(24,25)21-18-20-19-12(3)26-18/h6-7,10,13H,4-5,8-9,11H2,1-3H3,(H,20,21). The Hall–Kier alpha value is -2.00. The Morgan fingerprint density at radius 1 is 1.26 bits per heavy atom. The van der Waals surface area contributed by atoms with Gasteiger partial charge < -0.3 is 4.90 Å². The average Bonchev–Trinajstić information content (AvgIpc) is 3.05. The van der Waals surface area contributed by atoms with Gasteiger partial charge in [0.1, 0.15) is 5.01 Å². The monoisotopic (exact) mass is 408 g/mol. The lowest BCUT2D eigenvalue weighted by molar-refractivity contribution is -0.136. The van der Waals surface area contributed by atoms with E-state index in [1.807, 2.05) is 24.8 Å². The number of nitrogens with one attached hydrogen (secondary N) is 1. The van der Waals surface area contributed by atoms with Crippen molar-refractivity contribution in [1.29, 1.82) is 0 Å². The fraction of sp³-hybridized carbons (Fsp3) is 0.500. The van der Waals surface area contributed by atoms with E-state index in [-0.39, 0.29) is 21.9 Å². The Morgan fingerprint density at radius 3 is 2.63 bits per heavy atom. The number of amides is 1. The fourth-order valence-electron chi connectivity index (χ4n) is 3.30. The summed E-state index contributed by atoms with van der Waals surface area (Å²) in [4.78, 5) is 14.7. The highest BCUT2D eigenvalue weighted by Crippen LogP contribution is 2.26. The highest BCUT2D eigenvalue weighted by Gasteiger charge is 2.26. The van der Waals surface area contributed by atoms with Gasteiger partial charge in [0.25, 0.3) is 10.0 Å². The molecule has 27 heavy (non-hydrogen) atoms. The van der Waals surface area contributed by atoms with Crippen molar-refractivity contribution in [1.82, 2.24) is 15.1 Å². The normalized spacial score (nSPS) is 14.3. The van der Waals surface area contributed by atoms with Gasteiger partial charge in [-0.15, -0.1) is 10.2 Å². The summed E-state index contributed by atoms with van der Waals surface area (Å²) in [5.74, 6) is 0.183. The van der Waals surface area contributed by atoms with Gasteiger partial charge in [-0.25, -0.2) is 8.42 Å². The minimum atomic E-state index is -3.74. The molecule has 7 nitrogen and oxygen atoms in total. The van der Waals surface area contributed by atoms with Crippen LogP contribution in [0.4, 0.5) is 5.13 Å². The molecule has 0 atom stereocenters. The van der Waals surface area contributed by atoms with Gasteiger partial charge in [-0.1, -0.05) is 31.3 Å². The summed E-state index contributed by atoms with van der Waals surface area (Å²) >= 11 is 1.19. The molecule has 1 aliphatic heterocycles. The van der Waals surface area contributed by atoms with Gasteiger partial charge in [-0.2, -0.15) is 0 Å². The zero-order valence-corrected chi connectivity index (χ0v) is 17.4. The molecule has 1 amide bonds. The fourth-order valence-corrected chi connectivity index (χ4v) is 5.17. The van der Waals surface area contributed by atoms with Gasteiger partial charge in [0, 0.05) is 19.0 Å². The summed E-state index contributed by atoms with van der Waals surface area (Å²) in [6, 6.07) is 5.11. The molecule has 0 fully saturated rings. The summed E-state index contributed by atoms with van der Waals surface area (Å²) < 4.78 is 27.8. The first-order chi connectivity index (χ1) is 12.8. The van der Waals surface area contributed by atoms with Crippen LogP contribution < -0.4 is 4.72 Å². The molecule has 146 valence electrons. The minimum Gasteiger partial charge on any atom is -0.338 e. The second-order valence-electron chi connectivity index (χ2n) is 6.69. The minimum absolute atomic E-state index is 0.0285. The summed E-state index contributed by atoms with van der Waals surface area (Å²) in [7, 11) is -3.74. The van der Waals surface area contributed by atoms with Crippen molar-refractivity contribution in [2.75, 3.05) is 11.3 Å². The van der Waals surface area contributed by atoms with Crippen LogP contribution in [0.15, 0.2) is 23.1 Å². The van der Waals surface area contributed by atoms with E-state index in [1.165, 1.54) is 11.3 Å². The third kappa shape index (κ3) is 4.30. The number of sulfonamides is 1. The van der Waals surface area contributed by atoms with E-state index in [1.54, 1.807) is 19.1 Å². The number of hydrogen-bond donors (Lipinski definition) is 1. The van der Waals surface area contributed by atoms with E-state index >= 15 is 0 Å². The highest BCUT2D eigenvalue weighted by atomic mass is 32.2. The van der Waals surface area contributed by atoms with Crippen LogP contribution in [-0.4, -0.2) is 36.0 Å². The molecule has 1 N–H and O–H groups in total. The number of carbonyl (C=O) groups excluding carboxylic acids is 1. The molecule has 3 rings (SSSR count). The molecule has 2 aromatic rings. The van der Waals surface area contributed by atoms with Crippen LogP contribution in [0.5, 0.6) is 0 Å². The topological polar surface area (TPSA) is 92.3 Å². The van der Waals surface area contributed by atoms with E-state index < -0.39 is 10.0 Å². The first-order valence-electron chi connectivity index (χ1n) is 9.07. The zero-order chi connectivity index (χ0) is 19.6. The highest BCUT2D eigenvalue weighted by molar-refractivity contribution is 7.93. The van der Waals surface area contributed by atoms with Gasteiger partial charge in [0.2, 0.25) is 11.0 Å². The maximum atomic E-state index is 12.7. The SMILES string of the molecule is CCC(CC)C(=O)N1CCc2ccc(S(=O)(=O)Nc3nnc(C)s3)cc2C1. The quantitative estimate of drug-likeness (QED) is 0.793. The number of hydrogen-bond acceptors (Lipinski definition) is 6. The van der Waals surface area contributed by atoms with Crippen LogP contribution in [-0.2, 0) is 27.8 Å². The zero-order valence-electron chi connectivity index (χ0n) is 15.7. The molecule has 2 heterocycles. The molecule has 0 unspecified atom stereocenters. The van der Waals surface area contributed by atoms with Gasteiger partial charge in [-0.3, -0.25) is 9.52 Å². The Morgan fingerprint density at radius 2 is 2.00 bits per heavy atom. The third-order valence-electron chi connectivity index (χ3n) is 4.89. The maximum absolute atomic E-state index is 12.7. The number of fused-ring (bicyclic) bond motifs is 1. The number of aromatic nitrogens is 2. The predicted molar refractivity (Wildman–Crippen MR) is 105 cm³/mol. The molecular formula is C18H24N4O3S2. The lowest BCUT2D eigenvalue weighted by atomic mass is 9.96. The van der Waals surface area contributed by atoms with E-state index in [9.17, 15) is 13.2 Å². The molecule has 0 saturated carbocycles. The molecule has 0 bridgehead atoms. The lowest BCUT2D eigenvalue weighted by Crippen LogP contribution is -2.39. The number of benzene rings is 1. The molecule has 9 heteroatoms. The molecule has 1 aromatic carbocycles. The summed E-state index contributed by atoms with van der Waals surface area (Å²) in [6.45, 7) is 6.94. The van der Waals surface area contributed by atoms with E-state index in [0.717, 1.165) is 30.4 Å². The molecule has 1 aliphatic rings. The van der Waals surface area contributed by atoms with Crippen molar-refractivity contribution < 1.29 is 13.2 Å². The van der Waals surface area contributed by atoms with Crippen molar-refractivity contribution in [2.45, 2.75) is 51.5 Å². The van der Waals surface area contributed by atoms with Crippen LogP contribution in [0, 0.1) is 12.8 Å². The van der Waals surface area contributed by atoms with Crippen LogP contribution in [0.3, 0.4) is 0 Å². The largest absolute Gasteiger partial charge is 0.338 e. The Bertz CT molecular complexity index is 936. The van der Waals surface area contributed by atoms with Crippen LogP contribution in [0.1, 0.15) is 42.8 Å². The Kier molecular flexibility index (Phi) is 5.81. The number of carbonyl (C=O) groups is 1. The lowest BCUT2D eigenvalue weighted by Gasteiger charge is -2.31. The van der Waals surface area contributed by atoms with Gasteiger partial charge in [0.15, 0.2) is 0 Å². The second-order valence-corrected chi connectivity index (χ2v) is 9.55. The van der Waals surface area contributed by atoms with Crippen molar-refractivity contribution in [3.63, 3.8) is 0 Å². The molecule has 0 saturated heterocycles. The van der Waals surface area contributed by atoms with Gasteiger partial charge >= 0.3 is 0 Å². The van der Waals surface area contributed by atoms with Crippen LogP contribution >= 0.6 is 11.3 Å². The van der Waals surface area contributed by atoms with E-state index in [0.29, 0.717) is 18.1 Å². The summed E-state index contributed by atoms with van der Waals surface area (Å²) in [6.07, 6.45) is 2.38. The molecule has 1 aromatic heterocycles. The third-order valence-corrected chi connectivity index (χ3v) is 7.11. The molecule has 0 spiro atoms. The summed E-state index contributed by atoms with van der Waals surface area (Å²) in [5.41, 5.74) is 1.98. The predicted octanol–water partition coefficient (Wildman–Crippen LogP) is 2.97. The molecule has 0 aliphatic carbocycles. The number of nitrogens with zero attached hydrogens (tertiary/aromatic N) is 3. The van der Waals surface area contributed by atoms with E-state index in [2.05, 4.69) is 14.9 Å². The first-order valence-corrected chi connectivity index (χ1v) is 11.4. The Balaban J connectivity index is 1.82. The maximum Gasteiger partial charge on any atom is 0.263 e. The van der Waals surface area contributed by atoms with Crippen molar-refractivity contribution in [3.8, 4) is 0 Å². The van der Waals surface area contributed by atoms with Gasteiger partial charge in [0.05, 0.1) is 4.90 Å². The van der Waals surface area contributed by atoms with Crippen molar-refractivity contribution in [2.24, 2.45) is 5.92 Å². The van der Waals surface area contributed by atoms with Gasteiger partial charge in [-0.05, 0) is 49.4 Å². The number of anilines is 1. The smallest absolute Gasteiger partial charge is 0.263 e. The summed E-state index contributed by atoms with van der Waals surface area (Å²) in [5, 5.41) is 8.57. The van der Waals surface area contributed by atoms with E-state index in [4.69, 9.17) is 0 Å². The number of aryl methyl sites for hydroxylation is 1. The van der Waals surface area contributed by atoms with Crippen molar-refractivity contribution >= 4 is 32.4 Å². The Labute approximate surface area is 163 Å². The second kappa shape index (κ2) is 7.93. The molecular weight excluding hydrogens is 384 g/mol. The van der Waals surface area contributed by atoms with Crippen LogP contribution in [0.2, 0.25) is 0 Å². The first kappa shape index (κ1) is 19.8. The molecule has 0 radical (unpaired) electrons. The van der Waals surface area contributed by atoms with Crippen LogP contribution in [0.25, 0.3) is 0 Å². The van der Waals surface area contributed by atoms with Crippen molar-refractivity contribution in [3.05, 3.63) is 34.3 Å². The average molecular weight is 409 g/mol.